The highest BCUT2D eigenvalue weighted by Gasteiger charge is 1.46. The first kappa shape index (κ1) is 9.25. The fourth-order valence-electron chi connectivity index (χ4n) is 0. The molecule has 5 heavy (non-hydrogen) atoms. The third-order valence-electron chi connectivity index (χ3n) is 0. The molecule has 0 saturated heterocycles. The molecule has 0 aliphatic heterocycles. The monoisotopic (exact) mass is 130 g/mol. The minimum absolute atomic E-state index is 0.639. The zero-order chi connectivity index (χ0) is 4.71. The predicted octanol–water partition coefficient (Wildman–Crippen LogP) is 1.49. The van der Waals surface area contributed by atoms with E-state index in [0.29, 0.717) is 0 Å². The number of halogens is 2. The van der Waals surface area contributed by atoms with Gasteiger partial charge < -0.3 is 0 Å². The van der Waals surface area contributed by atoms with Crippen molar-refractivity contribution < 1.29 is 0 Å². The molecule has 0 N–H and O–H groups in total. The molecule has 0 aliphatic rings. The maximum absolute atomic E-state index is 4.90. The van der Waals surface area contributed by atoms with Crippen LogP contribution in [-0.2, 0) is 0 Å². The Morgan fingerprint density at radius 1 is 1.20 bits per heavy atom. The molecule has 0 fully saturated rings. The van der Waals surface area contributed by atoms with Gasteiger partial charge in [-0.2, -0.15) is 22.2 Å². The largest absolute Gasteiger partial charge is 0.222 e. The van der Waals surface area contributed by atoms with E-state index in [1.54, 1.807) is 0 Å². The summed E-state index contributed by atoms with van der Waals surface area (Å²) in [7, 11) is -0.639. The van der Waals surface area contributed by atoms with Gasteiger partial charge in [-0.25, -0.2) is 0 Å². The lowest BCUT2D eigenvalue weighted by atomic mass is 11.0. The summed E-state index contributed by atoms with van der Waals surface area (Å²) in [5, 5.41) is 0. The molecule has 34 valence electrons. The van der Waals surface area contributed by atoms with Crippen LogP contribution in [0.4, 0.5) is 0 Å². The molecule has 0 unspecified atom stereocenters. The van der Waals surface area contributed by atoms with Gasteiger partial charge in [-0.1, -0.05) is 13.8 Å². The zero-order valence-corrected chi connectivity index (χ0v) is 6.39. The molecular weight excluding hydrogens is 123 g/mol. The summed E-state index contributed by atoms with van der Waals surface area (Å²) in [5.41, 5.74) is 0. The Kier molecular flexibility index (Phi) is 39.6. The van der Waals surface area contributed by atoms with Crippen LogP contribution in [0.2, 0.25) is 0 Å². The van der Waals surface area contributed by atoms with Crippen LogP contribution >= 0.6 is 22.2 Å². The van der Waals surface area contributed by atoms with Crippen LogP contribution in [-0.4, -0.2) is 8.14 Å². The van der Waals surface area contributed by atoms with Crippen LogP contribution in [0.5, 0.6) is 0 Å². The quantitative estimate of drug-likeness (QED) is 0.345. The van der Waals surface area contributed by atoms with Gasteiger partial charge in [-0.15, -0.1) is 0 Å². The Morgan fingerprint density at radius 3 is 1.20 bits per heavy atom. The van der Waals surface area contributed by atoms with E-state index < -0.39 is 8.14 Å². The molecule has 0 radical (unpaired) electrons. The lowest BCUT2D eigenvalue weighted by molar-refractivity contribution is 1.50. The molecule has 0 aromatic carbocycles. The molecule has 0 spiro atoms. The van der Waals surface area contributed by atoms with Crippen molar-refractivity contribution in [2.24, 2.45) is 0 Å². The summed E-state index contributed by atoms with van der Waals surface area (Å²) in [6, 6.07) is 0. The van der Waals surface area contributed by atoms with E-state index in [0.717, 1.165) is 0 Å². The molecule has 0 heterocycles. The van der Waals surface area contributed by atoms with Gasteiger partial charge in [-0.3, -0.25) is 0 Å². The first-order valence-corrected chi connectivity index (χ1v) is 5.81. The van der Waals surface area contributed by atoms with Crippen LogP contribution in [0.3, 0.4) is 0 Å². The normalized spacial score (nSPS) is 4.80. The molecular formula is C2H8Cl2Si. The Labute approximate surface area is 44.7 Å². The van der Waals surface area contributed by atoms with Crippen molar-refractivity contribution in [3.8, 4) is 0 Å². The van der Waals surface area contributed by atoms with E-state index >= 15 is 0 Å². The minimum Gasteiger partial charge on any atom is -0.155 e. The Morgan fingerprint density at radius 2 is 1.20 bits per heavy atom. The predicted molar refractivity (Wildman–Crippen MR) is 31.6 cm³/mol. The fourth-order valence-corrected chi connectivity index (χ4v) is 0. The first-order valence-electron chi connectivity index (χ1n) is 1.53. The first-order chi connectivity index (χ1) is 2.41. The number of hydrogen-bond acceptors (Lipinski definition) is 0. The van der Waals surface area contributed by atoms with Crippen LogP contribution in [0.15, 0.2) is 0 Å². The lowest BCUT2D eigenvalue weighted by Gasteiger charge is -1.39. The highest BCUT2D eigenvalue weighted by molar-refractivity contribution is 7.22. The van der Waals surface area contributed by atoms with Crippen molar-refractivity contribution >= 4 is 30.3 Å². The Balaban J connectivity index is 0. The van der Waals surface area contributed by atoms with E-state index in [2.05, 4.69) is 0 Å². The van der Waals surface area contributed by atoms with E-state index in [4.69, 9.17) is 22.2 Å². The molecule has 0 aromatic heterocycles. The summed E-state index contributed by atoms with van der Waals surface area (Å²) in [4.78, 5) is 0. The van der Waals surface area contributed by atoms with Crippen LogP contribution < -0.4 is 0 Å². The smallest absolute Gasteiger partial charge is 0.155 e. The van der Waals surface area contributed by atoms with Gasteiger partial charge in [0.15, 0.2) is 0 Å². The topological polar surface area (TPSA) is 0 Å². The SMILES string of the molecule is CC.Cl[SiH2]Cl. The van der Waals surface area contributed by atoms with Crippen molar-refractivity contribution in [1.29, 1.82) is 0 Å². The Bertz CT molecular complexity index is 7.61. The Hall–Kier alpha value is 0.797. The van der Waals surface area contributed by atoms with Crippen LogP contribution in [0.25, 0.3) is 0 Å². The maximum Gasteiger partial charge on any atom is 0.222 e. The number of hydrogen-bond donors (Lipinski definition) is 0. The number of rotatable bonds is 0. The molecule has 0 atom stereocenters. The standard InChI is InChI=1S/C2H6.Cl2H2Si/c1-2;1-3-2/h1-2H3;3H2. The van der Waals surface area contributed by atoms with Crippen LogP contribution in [0.1, 0.15) is 13.8 Å². The van der Waals surface area contributed by atoms with Crippen molar-refractivity contribution in [3.63, 3.8) is 0 Å². The van der Waals surface area contributed by atoms with Gasteiger partial charge in [0.1, 0.15) is 0 Å². The zero-order valence-electron chi connectivity index (χ0n) is 3.46. The van der Waals surface area contributed by atoms with Crippen molar-refractivity contribution in [2.75, 3.05) is 0 Å². The van der Waals surface area contributed by atoms with E-state index in [9.17, 15) is 0 Å². The molecule has 0 amide bonds. The van der Waals surface area contributed by atoms with Crippen molar-refractivity contribution in [3.05, 3.63) is 0 Å². The third-order valence-corrected chi connectivity index (χ3v) is 0. The van der Waals surface area contributed by atoms with Gasteiger partial charge in [0.25, 0.3) is 0 Å². The highest BCUT2D eigenvalue weighted by Crippen LogP contribution is 1.67. The summed E-state index contributed by atoms with van der Waals surface area (Å²) >= 11 is 9.81. The molecule has 3 heteroatoms. The molecule has 0 rings (SSSR count). The molecule has 0 aromatic rings. The van der Waals surface area contributed by atoms with Crippen LogP contribution in [0, 0.1) is 0 Å². The average molecular weight is 131 g/mol. The van der Waals surface area contributed by atoms with Gasteiger partial charge in [0, 0.05) is 0 Å². The highest BCUT2D eigenvalue weighted by atomic mass is 35.7. The molecule has 0 bridgehead atoms. The maximum atomic E-state index is 4.90. The van der Waals surface area contributed by atoms with Gasteiger partial charge in [0.2, 0.25) is 8.14 Å². The molecule has 0 saturated carbocycles. The van der Waals surface area contributed by atoms with Crippen molar-refractivity contribution in [1.82, 2.24) is 0 Å². The molecule has 0 nitrogen and oxygen atoms in total. The van der Waals surface area contributed by atoms with E-state index in [-0.39, 0.29) is 0 Å². The lowest BCUT2D eigenvalue weighted by Crippen LogP contribution is -1.36. The van der Waals surface area contributed by atoms with Gasteiger partial charge in [0.05, 0.1) is 0 Å². The van der Waals surface area contributed by atoms with Crippen molar-refractivity contribution in [2.45, 2.75) is 13.8 Å². The summed E-state index contributed by atoms with van der Waals surface area (Å²) in [6.07, 6.45) is 0. The second kappa shape index (κ2) is 21.4. The van der Waals surface area contributed by atoms with E-state index in [1.165, 1.54) is 0 Å². The summed E-state index contributed by atoms with van der Waals surface area (Å²) in [6.45, 7) is 4.00. The summed E-state index contributed by atoms with van der Waals surface area (Å²) < 4.78 is 0. The van der Waals surface area contributed by atoms with Gasteiger partial charge >= 0.3 is 0 Å². The minimum atomic E-state index is -0.639. The van der Waals surface area contributed by atoms with Gasteiger partial charge in [-0.05, 0) is 0 Å². The average Bonchev–Trinajstić information content (AvgIpc) is 1.46. The second-order valence-electron chi connectivity index (χ2n) is 0.101. The fraction of sp³-hybridized carbons (Fsp3) is 1.00. The summed E-state index contributed by atoms with van der Waals surface area (Å²) in [5.74, 6) is 0. The molecule has 0 aliphatic carbocycles. The third kappa shape index (κ3) is 59.1. The van der Waals surface area contributed by atoms with E-state index in [1.807, 2.05) is 13.8 Å². The second-order valence-corrected chi connectivity index (χ2v) is 2.73.